The number of aromatic nitrogens is 1. The fourth-order valence-electron chi connectivity index (χ4n) is 3.94. The van der Waals surface area contributed by atoms with E-state index in [1.165, 1.54) is 11.3 Å². The predicted octanol–water partition coefficient (Wildman–Crippen LogP) is 6.03. The SMILES string of the molecule is O=C(Cc1csc(C2CCN(CC(=O)c3cc(C(F)(F)F)ccc3Cl)CC2)n1)Oc1ccccc1. The van der Waals surface area contributed by atoms with Crippen LogP contribution in [-0.2, 0) is 17.4 Å². The van der Waals surface area contributed by atoms with Gasteiger partial charge in [-0.2, -0.15) is 13.2 Å². The van der Waals surface area contributed by atoms with E-state index in [1.54, 1.807) is 24.3 Å². The van der Waals surface area contributed by atoms with Crippen LogP contribution in [-0.4, -0.2) is 41.3 Å². The number of rotatable bonds is 7. The van der Waals surface area contributed by atoms with Crippen molar-refractivity contribution in [3.63, 3.8) is 0 Å². The number of Topliss-reactive ketones (excluding diaryl/α,β-unsaturated/α-hetero) is 1. The third-order valence-corrected chi connectivity index (χ3v) is 7.15. The van der Waals surface area contributed by atoms with Crippen molar-refractivity contribution < 1.29 is 27.5 Å². The molecule has 0 aliphatic carbocycles. The zero-order valence-corrected chi connectivity index (χ0v) is 20.1. The molecule has 184 valence electrons. The number of alkyl halides is 3. The van der Waals surface area contributed by atoms with Crippen LogP contribution in [0, 0.1) is 0 Å². The summed E-state index contributed by atoms with van der Waals surface area (Å²) in [4.78, 5) is 31.3. The average molecular weight is 523 g/mol. The van der Waals surface area contributed by atoms with Crippen LogP contribution in [0.15, 0.2) is 53.9 Å². The summed E-state index contributed by atoms with van der Waals surface area (Å²) in [6.07, 6.45) is -2.95. The van der Waals surface area contributed by atoms with Crippen LogP contribution in [0.3, 0.4) is 0 Å². The van der Waals surface area contributed by atoms with E-state index in [2.05, 4.69) is 4.98 Å². The first kappa shape index (κ1) is 25.3. The number of ketones is 1. The Morgan fingerprint density at radius 1 is 1.11 bits per heavy atom. The molecule has 0 spiro atoms. The zero-order valence-electron chi connectivity index (χ0n) is 18.6. The van der Waals surface area contributed by atoms with Gasteiger partial charge in [-0.3, -0.25) is 14.5 Å². The average Bonchev–Trinajstić information content (AvgIpc) is 3.28. The summed E-state index contributed by atoms with van der Waals surface area (Å²) in [5, 5.41) is 2.80. The molecule has 0 atom stereocenters. The van der Waals surface area contributed by atoms with Gasteiger partial charge in [0.05, 0.1) is 34.3 Å². The van der Waals surface area contributed by atoms with Crippen LogP contribution in [0.25, 0.3) is 0 Å². The summed E-state index contributed by atoms with van der Waals surface area (Å²) in [6, 6.07) is 11.6. The highest BCUT2D eigenvalue weighted by molar-refractivity contribution is 7.09. The highest BCUT2D eigenvalue weighted by Crippen LogP contribution is 2.33. The molecule has 35 heavy (non-hydrogen) atoms. The van der Waals surface area contributed by atoms with Crippen molar-refractivity contribution in [1.29, 1.82) is 0 Å². The van der Waals surface area contributed by atoms with Crippen molar-refractivity contribution in [2.45, 2.75) is 31.4 Å². The van der Waals surface area contributed by atoms with Gasteiger partial charge in [0.25, 0.3) is 0 Å². The van der Waals surface area contributed by atoms with Crippen molar-refractivity contribution in [3.8, 4) is 5.75 Å². The molecule has 5 nitrogen and oxygen atoms in total. The lowest BCUT2D eigenvalue weighted by Crippen LogP contribution is -2.37. The number of likely N-dealkylation sites (tertiary alicyclic amines) is 1. The van der Waals surface area contributed by atoms with Crippen LogP contribution in [0.4, 0.5) is 13.2 Å². The third kappa shape index (κ3) is 6.68. The van der Waals surface area contributed by atoms with Crippen molar-refractivity contribution in [2.24, 2.45) is 0 Å². The second-order valence-electron chi connectivity index (χ2n) is 8.31. The molecule has 1 saturated heterocycles. The number of benzene rings is 2. The van der Waals surface area contributed by atoms with Crippen molar-refractivity contribution in [2.75, 3.05) is 19.6 Å². The van der Waals surface area contributed by atoms with Crippen molar-refractivity contribution in [1.82, 2.24) is 9.88 Å². The molecule has 3 aromatic rings. The molecular weight excluding hydrogens is 501 g/mol. The molecule has 10 heteroatoms. The molecule has 1 aliphatic rings. The van der Waals surface area contributed by atoms with Gasteiger partial charge in [0.2, 0.25) is 0 Å². The normalized spacial score (nSPS) is 15.2. The maximum absolute atomic E-state index is 13.0. The first-order valence-electron chi connectivity index (χ1n) is 11.0. The second-order valence-corrected chi connectivity index (χ2v) is 9.60. The minimum Gasteiger partial charge on any atom is -0.426 e. The van der Waals surface area contributed by atoms with E-state index in [0.717, 1.165) is 36.0 Å². The standard InChI is InChI=1S/C25H22ClF3N2O3S/c26-21-7-6-17(25(27,28)29)12-20(21)22(32)14-31-10-8-16(9-11-31)24-30-18(15-35-24)13-23(33)34-19-4-2-1-3-5-19/h1-7,12,15-16H,8-11,13-14H2. The van der Waals surface area contributed by atoms with E-state index in [9.17, 15) is 22.8 Å². The van der Waals surface area contributed by atoms with Gasteiger partial charge in [0.1, 0.15) is 5.75 Å². The monoisotopic (exact) mass is 522 g/mol. The Labute approximate surface area is 209 Å². The molecule has 4 rings (SSSR count). The number of nitrogens with zero attached hydrogens (tertiary/aromatic N) is 2. The molecule has 0 saturated carbocycles. The summed E-state index contributed by atoms with van der Waals surface area (Å²) in [5.41, 5.74) is -0.352. The first-order chi connectivity index (χ1) is 16.7. The van der Waals surface area contributed by atoms with Gasteiger partial charge in [0.15, 0.2) is 5.78 Å². The minimum atomic E-state index is -4.54. The van der Waals surface area contributed by atoms with Crippen LogP contribution in [0.1, 0.15) is 45.4 Å². The van der Waals surface area contributed by atoms with Gasteiger partial charge in [-0.1, -0.05) is 29.8 Å². The molecule has 1 aromatic heterocycles. The smallest absolute Gasteiger partial charge is 0.416 e. The van der Waals surface area contributed by atoms with Gasteiger partial charge < -0.3 is 4.74 Å². The number of carbonyl (C=O) groups is 2. The van der Waals surface area contributed by atoms with Crippen LogP contribution in [0.5, 0.6) is 5.75 Å². The number of hydrogen-bond acceptors (Lipinski definition) is 6. The van der Waals surface area contributed by atoms with E-state index in [0.29, 0.717) is 24.5 Å². The Bertz CT molecular complexity index is 1190. The van der Waals surface area contributed by atoms with Gasteiger partial charge >= 0.3 is 12.1 Å². The van der Waals surface area contributed by atoms with Gasteiger partial charge in [0, 0.05) is 16.9 Å². The molecule has 0 bridgehead atoms. The van der Waals surface area contributed by atoms with Crippen LogP contribution >= 0.6 is 22.9 Å². The number of esters is 1. The lowest BCUT2D eigenvalue weighted by Gasteiger charge is -2.30. The van der Waals surface area contributed by atoms with E-state index >= 15 is 0 Å². The Morgan fingerprint density at radius 2 is 1.83 bits per heavy atom. The Hall–Kier alpha value is -2.75. The summed E-state index contributed by atoms with van der Waals surface area (Å²) < 4.78 is 44.3. The second kappa shape index (κ2) is 10.9. The third-order valence-electron chi connectivity index (χ3n) is 5.77. The molecular formula is C25H22ClF3N2O3S. The summed E-state index contributed by atoms with van der Waals surface area (Å²) in [6.45, 7) is 1.22. The highest BCUT2D eigenvalue weighted by Gasteiger charge is 2.32. The number of thiazole rings is 1. The first-order valence-corrected chi connectivity index (χ1v) is 12.3. The zero-order chi connectivity index (χ0) is 25.0. The fraction of sp³-hybridized carbons (Fsp3) is 0.320. The number of piperidine rings is 1. The fourth-order valence-corrected chi connectivity index (χ4v) is 5.15. The molecule has 2 heterocycles. The number of halogens is 4. The maximum atomic E-state index is 13.0. The van der Waals surface area contributed by atoms with Crippen molar-refractivity contribution in [3.05, 3.63) is 80.8 Å². The van der Waals surface area contributed by atoms with E-state index in [4.69, 9.17) is 16.3 Å². The maximum Gasteiger partial charge on any atom is 0.416 e. The Morgan fingerprint density at radius 3 is 2.51 bits per heavy atom. The summed E-state index contributed by atoms with van der Waals surface area (Å²) in [5.74, 6) is -0.133. The lowest BCUT2D eigenvalue weighted by atomic mass is 9.97. The largest absolute Gasteiger partial charge is 0.426 e. The number of para-hydroxylation sites is 1. The van der Waals surface area contributed by atoms with E-state index in [1.807, 2.05) is 16.3 Å². The van der Waals surface area contributed by atoms with Crippen LogP contribution in [0.2, 0.25) is 5.02 Å². The van der Waals surface area contributed by atoms with E-state index in [-0.39, 0.29) is 35.4 Å². The summed E-state index contributed by atoms with van der Waals surface area (Å²) >= 11 is 7.49. The quantitative estimate of drug-likeness (QED) is 0.215. The lowest BCUT2D eigenvalue weighted by molar-refractivity contribution is -0.137. The van der Waals surface area contributed by atoms with Crippen molar-refractivity contribution >= 4 is 34.7 Å². The minimum absolute atomic E-state index is 0.00218. The van der Waals surface area contributed by atoms with Gasteiger partial charge in [-0.05, 0) is 56.3 Å². The molecule has 2 aromatic carbocycles. The highest BCUT2D eigenvalue weighted by atomic mass is 35.5. The molecule has 0 radical (unpaired) electrons. The van der Waals surface area contributed by atoms with Crippen LogP contribution < -0.4 is 4.74 Å². The van der Waals surface area contributed by atoms with Gasteiger partial charge in [-0.25, -0.2) is 4.98 Å². The number of carbonyl (C=O) groups excluding carboxylic acids is 2. The Kier molecular flexibility index (Phi) is 7.88. The predicted molar refractivity (Wildman–Crippen MR) is 127 cm³/mol. The molecule has 0 unspecified atom stereocenters. The van der Waals surface area contributed by atoms with E-state index < -0.39 is 17.5 Å². The number of ether oxygens (including phenoxy) is 1. The topological polar surface area (TPSA) is 59.5 Å². The molecule has 1 fully saturated rings. The molecule has 0 N–H and O–H groups in total. The molecule has 0 amide bonds. The van der Waals surface area contributed by atoms with Gasteiger partial charge in [-0.15, -0.1) is 11.3 Å². The Balaban J connectivity index is 1.29. The number of hydrogen-bond donors (Lipinski definition) is 0. The molecule has 1 aliphatic heterocycles. The summed E-state index contributed by atoms with van der Waals surface area (Å²) in [7, 11) is 0.